The van der Waals surface area contributed by atoms with Crippen LogP contribution in [0.5, 0.6) is 0 Å². The zero-order valence-corrected chi connectivity index (χ0v) is 13.2. The van der Waals surface area contributed by atoms with E-state index in [2.05, 4.69) is 22.5 Å². The van der Waals surface area contributed by atoms with E-state index in [-0.39, 0.29) is 0 Å². The van der Waals surface area contributed by atoms with E-state index in [1.54, 1.807) is 0 Å². The predicted octanol–water partition coefficient (Wildman–Crippen LogP) is 2.37. The molecule has 0 radical (unpaired) electrons. The molecule has 0 amide bonds. The van der Waals surface area contributed by atoms with Crippen molar-refractivity contribution >= 4 is 0 Å². The van der Waals surface area contributed by atoms with Crippen molar-refractivity contribution in [1.82, 2.24) is 15.5 Å². The van der Waals surface area contributed by atoms with Crippen LogP contribution in [-0.4, -0.2) is 49.2 Å². The highest BCUT2D eigenvalue weighted by molar-refractivity contribution is 4.93. The average molecular weight is 279 g/mol. The lowest BCUT2D eigenvalue weighted by atomic mass is 9.88. The third-order valence-electron chi connectivity index (χ3n) is 5.96. The Morgan fingerprint density at radius 2 is 2.00 bits per heavy atom. The van der Waals surface area contributed by atoms with Gasteiger partial charge >= 0.3 is 0 Å². The molecule has 3 heteroatoms. The van der Waals surface area contributed by atoms with Gasteiger partial charge < -0.3 is 10.6 Å². The highest BCUT2D eigenvalue weighted by atomic mass is 15.2. The number of piperidine rings is 1. The molecule has 0 aromatic rings. The summed E-state index contributed by atoms with van der Waals surface area (Å²) in [5.74, 6) is 0.895. The molecule has 3 rings (SSSR count). The van der Waals surface area contributed by atoms with Crippen LogP contribution >= 0.6 is 0 Å². The Hall–Kier alpha value is -0.120. The van der Waals surface area contributed by atoms with E-state index in [9.17, 15) is 0 Å². The molecule has 4 unspecified atom stereocenters. The monoisotopic (exact) mass is 279 g/mol. The Kier molecular flexibility index (Phi) is 5.36. The first kappa shape index (κ1) is 14.8. The summed E-state index contributed by atoms with van der Waals surface area (Å²) < 4.78 is 0. The lowest BCUT2D eigenvalue weighted by Gasteiger charge is -2.34. The molecule has 2 aliphatic heterocycles. The normalized spacial score (nSPS) is 39.5. The molecule has 0 bridgehead atoms. The van der Waals surface area contributed by atoms with Crippen LogP contribution in [0.1, 0.15) is 58.3 Å². The van der Waals surface area contributed by atoms with Gasteiger partial charge in [-0.1, -0.05) is 19.8 Å². The molecule has 3 aliphatic rings. The summed E-state index contributed by atoms with van der Waals surface area (Å²) in [4.78, 5) is 2.66. The van der Waals surface area contributed by atoms with Crippen LogP contribution in [0, 0.1) is 5.92 Å². The molecule has 2 heterocycles. The van der Waals surface area contributed by atoms with Gasteiger partial charge in [0.25, 0.3) is 0 Å². The zero-order valence-electron chi connectivity index (χ0n) is 13.2. The Bertz CT molecular complexity index is 288. The smallest absolute Gasteiger partial charge is 0.0221 e. The van der Waals surface area contributed by atoms with Crippen LogP contribution in [0.25, 0.3) is 0 Å². The van der Waals surface area contributed by atoms with Crippen LogP contribution in [0.2, 0.25) is 0 Å². The van der Waals surface area contributed by atoms with Crippen molar-refractivity contribution < 1.29 is 0 Å². The van der Waals surface area contributed by atoms with Gasteiger partial charge in [-0.05, 0) is 64.1 Å². The molecule has 0 aromatic carbocycles. The Morgan fingerprint density at radius 3 is 2.80 bits per heavy atom. The summed E-state index contributed by atoms with van der Waals surface area (Å²) in [6.07, 6.45) is 11.3. The van der Waals surface area contributed by atoms with Crippen molar-refractivity contribution in [3.05, 3.63) is 0 Å². The molecule has 4 atom stereocenters. The van der Waals surface area contributed by atoms with Gasteiger partial charge in [-0.2, -0.15) is 0 Å². The second-order valence-electron chi connectivity index (χ2n) is 7.09. The summed E-state index contributed by atoms with van der Waals surface area (Å²) in [5, 5.41) is 7.74. The van der Waals surface area contributed by atoms with Crippen molar-refractivity contribution in [2.75, 3.05) is 26.2 Å². The fourth-order valence-corrected chi connectivity index (χ4v) is 4.80. The maximum atomic E-state index is 3.95. The molecule has 3 nitrogen and oxygen atoms in total. The van der Waals surface area contributed by atoms with Gasteiger partial charge in [0, 0.05) is 24.7 Å². The van der Waals surface area contributed by atoms with Gasteiger partial charge in [-0.25, -0.2) is 0 Å². The van der Waals surface area contributed by atoms with Crippen LogP contribution < -0.4 is 10.6 Å². The third kappa shape index (κ3) is 3.37. The van der Waals surface area contributed by atoms with Gasteiger partial charge in [0.2, 0.25) is 0 Å². The number of nitrogens with one attached hydrogen (secondary N) is 2. The number of hydrogen-bond acceptors (Lipinski definition) is 3. The van der Waals surface area contributed by atoms with E-state index in [1.165, 1.54) is 77.5 Å². The summed E-state index contributed by atoms with van der Waals surface area (Å²) in [6, 6.07) is 2.39. The first-order valence-corrected chi connectivity index (χ1v) is 9.09. The molecular weight excluding hydrogens is 246 g/mol. The minimum Gasteiger partial charge on any atom is -0.314 e. The van der Waals surface area contributed by atoms with E-state index < -0.39 is 0 Å². The van der Waals surface area contributed by atoms with Crippen molar-refractivity contribution in [3.63, 3.8) is 0 Å². The van der Waals surface area contributed by atoms with Crippen LogP contribution in [-0.2, 0) is 0 Å². The Labute approximate surface area is 124 Å². The maximum Gasteiger partial charge on any atom is 0.0221 e. The topological polar surface area (TPSA) is 27.3 Å². The first-order valence-electron chi connectivity index (χ1n) is 9.09. The highest BCUT2D eigenvalue weighted by Gasteiger charge is 2.34. The minimum atomic E-state index is 0.782. The standard InChI is InChI=1S/C17H33N3/c1-2-20-12-6-7-14(20)13-19-17-10-5-8-15(17)16-9-3-4-11-18-16/h14-19H,2-13H2,1H3. The molecule has 0 spiro atoms. The van der Waals surface area contributed by atoms with Gasteiger partial charge in [0.15, 0.2) is 0 Å². The summed E-state index contributed by atoms with van der Waals surface area (Å²) in [5.41, 5.74) is 0. The molecule has 2 N–H and O–H groups in total. The van der Waals surface area contributed by atoms with Crippen molar-refractivity contribution in [3.8, 4) is 0 Å². The summed E-state index contributed by atoms with van der Waals surface area (Å²) >= 11 is 0. The first-order chi connectivity index (χ1) is 9.88. The van der Waals surface area contributed by atoms with Gasteiger partial charge in [0.05, 0.1) is 0 Å². The number of likely N-dealkylation sites (N-methyl/N-ethyl adjacent to an activating group) is 1. The largest absolute Gasteiger partial charge is 0.314 e. The number of hydrogen-bond donors (Lipinski definition) is 2. The van der Waals surface area contributed by atoms with Gasteiger partial charge in [-0.15, -0.1) is 0 Å². The van der Waals surface area contributed by atoms with E-state index in [1.807, 2.05) is 0 Å². The number of nitrogens with zero attached hydrogens (tertiary/aromatic N) is 1. The highest BCUT2D eigenvalue weighted by Crippen LogP contribution is 2.32. The molecule has 3 fully saturated rings. The fraction of sp³-hybridized carbons (Fsp3) is 1.00. The number of rotatable bonds is 5. The van der Waals surface area contributed by atoms with E-state index in [4.69, 9.17) is 0 Å². The zero-order chi connectivity index (χ0) is 13.8. The maximum absolute atomic E-state index is 3.95. The lowest BCUT2D eigenvalue weighted by Crippen LogP contribution is -2.49. The fourth-order valence-electron chi connectivity index (χ4n) is 4.80. The lowest BCUT2D eigenvalue weighted by molar-refractivity contribution is 0.224. The van der Waals surface area contributed by atoms with Gasteiger partial charge in [-0.3, -0.25) is 4.90 Å². The van der Waals surface area contributed by atoms with Crippen LogP contribution in [0.4, 0.5) is 0 Å². The number of likely N-dealkylation sites (tertiary alicyclic amines) is 1. The quantitative estimate of drug-likeness (QED) is 0.809. The minimum absolute atomic E-state index is 0.782. The summed E-state index contributed by atoms with van der Waals surface area (Å²) in [6.45, 7) is 7.33. The second kappa shape index (κ2) is 7.24. The molecular formula is C17H33N3. The van der Waals surface area contributed by atoms with Crippen molar-refractivity contribution in [2.45, 2.75) is 76.4 Å². The Morgan fingerprint density at radius 1 is 1.05 bits per heavy atom. The Balaban J connectivity index is 1.48. The molecule has 20 heavy (non-hydrogen) atoms. The van der Waals surface area contributed by atoms with E-state index >= 15 is 0 Å². The second-order valence-corrected chi connectivity index (χ2v) is 7.09. The van der Waals surface area contributed by atoms with E-state index in [0.717, 1.165) is 24.0 Å². The molecule has 116 valence electrons. The molecule has 1 saturated carbocycles. The summed E-state index contributed by atoms with van der Waals surface area (Å²) in [7, 11) is 0. The molecule has 2 saturated heterocycles. The van der Waals surface area contributed by atoms with Crippen LogP contribution in [0.15, 0.2) is 0 Å². The predicted molar refractivity (Wildman–Crippen MR) is 85.0 cm³/mol. The van der Waals surface area contributed by atoms with Crippen molar-refractivity contribution in [2.24, 2.45) is 5.92 Å². The molecule has 1 aliphatic carbocycles. The average Bonchev–Trinajstić information content (AvgIpc) is 3.14. The van der Waals surface area contributed by atoms with Gasteiger partial charge in [0.1, 0.15) is 0 Å². The third-order valence-corrected chi connectivity index (χ3v) is 5.96. The van der Waals surface area contributed by atoms with Crippen molar-refractivity contribution in [1.29, 1.82) is 0 Å². The molecule has 0 aromatic heterocycles. The SMILES string of the molecule is CCN1CCCC1CNC1CCCC1C1CCCCN1. The van der Waals surface area contributed by atoms with E-state index in [0.29, 0.717) is 0 Å². The van der Waals surface area contributed by atoms with Crippen LogP contribution in [0.3, 0.4) is 0 Å².